The highest BCUT2D eigenvalue weighted by molar-refractivity contribution is 8.13. The Labute approximate surface area is 174 Å². The summed E-state index contributed by atoms with van der Waals surface area (Å²) < 4.78 is 5.39. The Kier molecular flexibility index (Phi) is 5.58. The number of amidine groups is 1. The molecule has 4 rings (SSSR count). The first-order valence-electron chi connectivity index (χ1n) is 9.76. The van der Waals surface area contributed by atoms with Crippen LogP contribution in [0.1, 0.15) is 37.1 Å². The number of unbranched alkanes of at least 4 members (excludes halogenated alkanes) is 1. The molecule has 0 radical (unpaired) electrons. The van der Waals surface area contributed by atoms with Gasteiger partial charge >= 0.3 is 0 Å². The highest BCUT2D eigenvalue weighted by Crippen LogP contribution is 2.32. The number of carbonyl (C=O) groups excluding carboxylic acids is 1. The van der Waals surface area contributed by atoms with E-state index in [-0.39, 0.29) is 5.91 Å². The molecule has 6 nitrogen and oxygen atoms in total. The minimum Gasteiger partial charge on any atom is -0.496 e. The van der Waals surface area contributed by atoms with Crippen LogP contribution in [0.2, 0.25) is 0 Å². The molecule has 2 aromatic rings. The van der Waals surface area contributed by atoms with Crippen LogP contribution in [0.3, 0.4) is 0 Å². The SMILES string of the molecule is CCCCSC1=NN2C(=c3ccccc3=N[C@H]2c2ccc(OC)c(C)c2)C(=O)N1. The molecule has 2 aromatic carbocycles. The number of carbonyl (C=O) groups is 1. The van der Waals surface area contributed by atoms with Gasteiger partial charge in [0.1, 0.15) is 11.4 Å². The maximum absolute atomic E-state index is 13.0. The average Bonchev–Trinajstić information content (AvgIpc) is 2.73. The van der Waals surface area contributed by atoms with E-state index >= 15 is 0 Å². The van der Waals surface area contributed by atoms with E-state index < -0.39 is 6.17 Å². The van der Waals surface area contributed by atoms with Crippen LogP contribution in [-0.4, -0.2) is 28.9 Å². The number of hydrogen-bond acceptors (Lipinski definition) is 6. The number of benzene rings is 2. The van der Waals surface area contributed by atoms with Crippen LogP contribution in [0, 0.1) is 6.92 Å². The predicted octanol–water partition coefficient (Wildman–Crippen LogP) is 2.68. The van der Waals surface area contributed by atoms with E-state index in [4.69, 9.17) is 14.8 Å². The van der Waals surface area contributed by atoms with Crippen molar-refractivity contribution >= 4 is 28.5 Å². The van der Waals surface area contributed by atoms with Crippen LogP contribution in [-0.2, 0) is 4.79 Å². The highest BCUT2D eigenvalue weighted by Gasteiger charge is 2.34. The zero-order valence-corrected chi connectivity index (χ0v) is 17.6. The van der Waals surface area contributed by atoms with Crippen molar-refractivity contribution in [2.75, 3.05) is 12.9 Å². The Hall–Kier alpha value is -2.80. The molecule has 0 fully saturated rings. The summed E-state index contributed by atoms with van der Waals surface area (Å²) in [5.74, 6) is 1.60. The molecule has 0 aromatic heterocycles. The minimum absolute atomic E-state index is 0.142. The standard InChI is InChI=1S/C22H24N4O2S/c1-4-5-12-29-22-24-21(27)19-16-8-6-7-9-17(16)23-20(26(19)25-22)15-10-11-18(28-3)14(2)13-15/h6-11,13,20H,4-5,12H2,1-3H3,(H,24,25,27)/t20-/m1/s1. The van der Waals surface area contributed by atoms with E-state index in [2.05, 4.69) is 12.2 Å². The number of para-hydroxylation sites is 1. The van der Waals surface area contributed by atoms with Gasteiger partial charge in [-0.25, -0.2) is 5.01 Å². The average molecular weight is 409 g/mol. The molecule has 1 atom stereocenters. The molecule has 150 valence electrons. The van der Waals surface area contributed by atoms with Gasteiger partial charge in [0.05, 0.1) is 12.5 Å². The summed E-state index contributed by atoms with van der Waals surface area (Å²) in [4.78, 5) is 18.0. The largest absolute Gasteiger partial charge is 0.496 e. The van der Waals surface area contributed by atoms with Crippen molar-refractivity contribution in [2.24, 2.45) is 10.1 Å². The lowest BCUT2D eigenvalue weighted by Gasteiger charge is -2.34. The first kappa shape index (κ1) is 19.5. The molecule has 2 heterocycles. The van der Waals surface area contributed by atoms with Crippen molar-refractivity contribution in [2.45, 2.75) is 32.9 Å². The summed E-state index contributed by atoms with van der Waals surface area (Å²) in [6.45, 7) is 4.15. The van der Waals surface area contributed by atoms with Gasteiger partial charge in [0.15, 0.2) is 11.3 Å². The number of nitrogens with zero attached hydrogens (tertiary/aromatic N) is 3. The summed E-state index contributed by atoms with van der Waals surface area (Å²) in [5.41, 5.74) is 2.52. The molecule has 29 heavy (non-hydrogen) atoms. The van der Waals surface area contributed by atoms with Crippen molar-refractivity contribution in [1.29, 1.82) is 0 Å². The number of aryl methyl sites for hydroxylation is 1. The molecule has 0 saturated carbocycles. The summed E-state index contributed by atoms with van der Waals surface area (Å²) in [7, 11) is 1.66. The number of ether oxygens (including phenoxy) is 1. The fraction of sp³-hybridized carbons (Fsp3) is 0.318. The molecule has 0 spiro atoms. The molecule has 2 aliphatic rings. The quantitative estimate of drug-likeness (QED) is 0.773. The van der Waals surface area contributed by atoms with Crippen molar-refractivity contribution in [3.63, 3.8) is 0 Å². The molecule has 1 amide bonds. The normalized spacial score (nSPS) is 17.7. The second-order valence-corrected chi connectivity index (χ2v) is 8.09. The van der Waals surface area contributed by atoms with Crippen LogP contribution < -0.4 is 20.6 Å². The molecule has 0 bridgehead atoms. The Bertz CT molecular complexity index is 1100. The van der Waals surface area contributed by atoms with Gasteiger partial charge < -0.3 is 4.74 Å². The molecular formula is C22H24N4O2S. The van der Waals surface area contributed by atoms with Crippen LogP contribution in [0.5, 0.6) is 5.75 Å². The van der Waals surface area contributed by atoms with E-state index in [1.54, 1.807) is 23.9 Å². The summed E-state index contributed by atoms with van der Waals surface area (Å²) in [6, 6.07) is 13.7. The maximum Gasteiger partial charge on any atom is 0.276 e. The summed E-state index contributed by atoms with van der Waals surface area (Å²) >= 11 is 1.57. The molecule has 0 saturated heterocycles. The smallest absolute Gasteiger partial charge is 0.276 e. The second-order valence-electron chi connectivity index (χ2n) is 7.00. The number of fused-ring (bicyclic) bond motifs is 2. The van der Waals surface area contributed by atoms with Gasteiger partial charge in [0.25, 0.3) is 5.91 Å². The summed E-state index contributed by atoms with van der Waals surface area (Å²) in [6.07, 6.45) is 1.77. The Morgan fingerprint density at radius 3 is 2.83 bits per heavy atom. The number of thioether (sulfide) groups is 1. The van der Waals surface area contributed by atoms with Gasteiger partial charge in [-0.05, 0) is 42.7 Å². The number of rotatable bonds is 5. The molecule has 0 aliphatic carbocycles. The van der Waals surface area contributed by atoms with E-state index in [1.165, 1.54) is 0 Å². The lowest BCUT2D eigenvalue weighted by Crippen LogP contribution is -2.50. The van der Waals surface area contributed by atoms with Gasteiger partial charge in [-0.15, -0.1) is 5.10 Å². The Balaban J connectivity index is 1.83. The predicted molar refractivity (Wildman–Crippen MR) is 116 cm³/mol. The molecule has 2 aliphatic heterocycles. The van der Waals surface area contributed by atoms with Crippen molar-refractivity contribution < 1.29 is 9.53 Å². The minimum atomic E-state index is -0.405. The lowest BCUT2D eigenvalue weighted by atomic mass is 10.1. The monoisotopic (exact) mass is 408 g/mol. The first-order chi connectivity index (χ1) is 14.1. The first-order valence-corrected chi connectivity index (χ1v) is 10.7. The zero-order chi connectivity index (χ0) is 20.4. The van der Waals surface area contributed by atoms with Gasteiger partial charge in [-0.2, -0.15) is 0 Å². The van der Waals surface area contributed by atoms with Crippen molar-refractivity contribution in [3.05, 3.63) is 64.2 Å². The number of hydrogen-bond donors (Lipinski definition) is 1. The van der Waals surface area contributed by atoms with Gasteiger partial charge in [0, 0.05) is 11.0 Å². The van der Waals surface area contributed by atoms with E-state index in [0.29, 0.717) is 10.9 Å². The van der Waals surface area contributed by atoms with Gasteiger partial charge in [0.2, 0.25) is 0 Å². The van der Waals surface area contributed by atoms with E-state index in [1.807, 2.05) is 49.4 Å². The third-order valence-electron chi connectivity index (χ3n) is 4.97. The maximum atomic E-state index is 13.0. The number of hydrazone groups is 1. The van der Waals surface area contributed by atoms with Gasteiger partial charge in [-0.1, -0.05) is 49.4 Å². The second kappa shape index (κ2) is 8.29. The summed E-state index contributed by atoms with van der Waals surface area (Å²) in [5, 5.41) is 11.7. The molecule has 7 heteroatoms. The zero-order valence-electron chi connectivity index (χ0n) is 16.8. The third-order valence-corrected chi connectivity index (χ3v) is 5.92. The fourth-order valence-corrected chi connectivity index (χ4v) is 4.42. The molecule has 1 N–H and O–H groups in total. The number of nitrogens with one attached hydrogen (secondary N) is 1. The fourth-order valence-electron chi connectivity index (χ4n) is 3.48. The lowest BCUT2D eigenvalue weighted by molar-refractivity contribution is -0.116. The number of amides is 1. The van der Waals surface area contributed by atoms with Crippen LogP contribution in [0.25, 0.3) is 5.70 Å². The molecular weight excluding hydrogens is 384 g/mol. The Morgan fingerprint density at radius 1 is 1.24 bits per heavy atom. The van der Waals surface area contributed by atoms with Crippen LogP contribution in [0.4, 0.5) is 0 Å². The Morgan fingerprint density at radius 2 is 2.07 bits per heavy atom. The van der Waals surface area contributed by atoms with E-state index in [9.17, 15) is 4.79 Å². The van der Waals surface area contributed by atoms with Gasteiger partial charge in [-0.3, -0.25) is 15.1 Å². The number of methoxy groups -OCH3 is 1. The van der Waals surface area contributed by atoms with Crippen molar-refractivity contribution in [3.8, 4) is 5.75 Å². The van der Waals surface area contributed by atoms with Crippen LogP contribution in [0.15, 0.2) is 52.6 Å². The highest BCUT2D eigenvalue weighted by atomic mass is 32.2. The van der Waals surface area contributed by atoms with E-state index in [0.717, 1.165) is 46.0 Å². The third kappa shape index (κ3) is 3.74. The van der Waals surface area contributed by atoms with Crippen LogP contribution >= 0.6 is 11.8 Å². The van der Waals surface area contributed by atoms with Crippen molar-refractivity contribution in [1.82, 2.24) is 10.3 Å². The molecule has 0 unspecified atom stereocenters. The topological polar surface area (TPSA) is 66.3 Å².